The molecule has 1 fully saturated rings. The fourth-order valence-electron chi connectivity index (χ4n) is 1.11. The van der Waals surface area contributed by atoms with E-state index in [0.717, 1.165) is 6.42 Å². The molecule has 1 atom stereocenters. The SMILES string of the molecule is NON1CCC[C@H]1C(=O)O. The van der Waals surface area contributed by atoms with E-state index >= 15 is 0 Å². The van der Waals surface area contributed by atoms with Crippen LogP contribution < -0.4 is 5.90 Å². The Labute approximate surface area is 58.3 Å². The highest BCUT2D eigenvalue weighted by molar-refractivity contribution is 5.73. The Balaban J connectivity index is 2.50. The summed E-state index contributed by atoms with van der Waals surface area (Å²) in [6, 6.07) is -0.551. The number of rotatable bonds is 2. The van der Waals surface area contributed by atoms with Crippen LogP contribution in [0.1, 0.15) is 12.8 Å². The van der Waals surface area contributed by atoms with Crippen LogP contribution in [0.15, 0.2) is 0 Å². The van der Waals surface area contributed by atoms with E-state index in [2.05, 4.69) is 4.94 Å². The van der Waals surface area contributed by atoms with Crippen molar-refractivity contribution in [2.75, 3.05) is 6.54 Å². The van der Waals surface area contributed by atoms with Crippen LogP contribution in [0.5, 0.6) is 0 Å². The molecule has 5 nitrogen and oxygen atoms in total. The molecule has 0 aromatic rings. The van der Waals surface area contributed by atoms with Gasteiger partial charge in [0.2, 0.25) is 0 Å². The lowest BCUT2D eigenvalue weighted by Crippen LogP contribution is -2.37. The molecule has 0 amide bonds. The highest BCUT2D eigenvalue weighted by Gasteiger charge is 2.30. The van der Waals surface area contributed by atoms with E-state index in [1.807, 2.05) is 0 Å². The van der Waals surface area contributed by atoms with Crippen molar-refractivity contribution in [3.8, 4) is 0 Å². The zero-order valence-electron chi connectivity index (χ0n) is 5.49. The van der Waals surface area contributed by atoms with Crippen LogP contribution in [-0.2, 0) is 9.73 Å². The number of carboxylic acids is 1. The number of hydrogen-bond donors (Lipinski definition) is 2. The summed E-state index contributed by atoms with van der Waals surface area (Å²) in [5, 5.41) is 9.82. The molecule has 0 radical (unpaired) electrons. The monoisotopic (exact) mass is 146 g/mol. The maximum atomic E-state index is 10.4. The number of carbonyl (C=O) groups is 1. The van der Waals surface area contributed by atoms with E-state index in [-0.39, 0.29) is 0 Å². The van der Waals surface area contributed by atoms with Crippen molar-refractivity contribution >= 4 is 5.97 Å². The summed E-state index contributed by atoms with van der Waals surface area (Å²) >= 11 is 0. The Morgan fingerprint density at radius 1 is 1.80 bits per heavy atom. The van der Waals surface area contributed by atoms with Gasteiger partial charge in [-0.05, 0) is 12.8 Å². The molecule has 10 heavy (non-hydrogen) atoms. The van der Waals surface area contributed by atoms with Crippen LogP contribution in [0.25, 0.3) is 0 Å². The van der Waals surface area contributed by atoms with Crippen molar-refractivity contribution in [3.05, 3.63) is 0 Å². The second-order valence-corrected chi connectivity index (χ2v) is 2.24. The summed E-state index contributed by atoms with van der Waals surface area (Å²) in [6.07, 6.45) is 1.45. The highest BCUT2D eigenvalue weighted by Crippen LogP contribution is 2.15. The molecule has 0 aliphatic carbocycles. The third-order valence-corrected chi connectivity index (χ3v) is 1.62. The number of nitrogens with two attached hydrogens (primary N) is 1. The fraction of sp³-hybridized carbons (Fsp3) is 0.800. The molecule has 1 heterocycles. The Kier molecular flexibility index (Phi) is 2.21. The molecular weight excluding hydrogens is 136 g/mol. The van der Waals surface area contributed by atoms with Crippen molar-refractivity contribution in [1.29, 1.82) is 0 Å². The van der Waals surface area contributed by atoms with E-state index in [9.17, 15) is 4.79 Å². The number of hydroxylamine groups is 2. The molecule has 1 rings (SSSR count). The first-order valence-electron chi connectivity index (χ1n) is 3.12. The summed E-state index contributed by atoms with van der Waals surface area (Å²) in [5.74, 6) is 3.95. The Bertz CT molecular complexity index is 139. The lowest BCUT2D eigenvalue weighted by molar-refractivity contribution is -0.188. The third kappa shape index (κ3) is 1.26. The van der Waals surface area contributed by atoms with Crippen LogP contribution >= 0.6 is 0 Å². The third-order valence-electron chi connectivity index (χ3n) is 1.62. The molecule has 1 aliphatic rings. The maximum absolute atomic E-state index is 10.4. The Morgan fingerprint density at radius 2 is 2.50 bits per heavy atom. The zero-order chi connectivity index (χ0) is 7.56. The van der Waals surface area contributed by atoms with E-state index in [0.29, 0.717) is 13.0 Å². The van der Waals surface area contributed by atoms with Crippen molar-refractivity contribution in [2.24, 2.45) is 5.90 Å². The first-order valence-corrected chi connectivity index (χ1v) is 3.12. The zero-order valence-corrected chi connectivity index (χ0v) is 5.49. The Hall–Kier alpha value is -0.650. The molecule has 0 saturated carbocycles. The number of aliphatic carboxylic acids is 1. The molecule has 1 saturated heterocycles. The number of nitrogens with zero attached hydrogens (tertiary/aromatic N) is 1. The highest BCUT2D eigenvalue weighted by atomic mass is 16.8. The second-order valence-electron chi connectivity index (χ2n) is 2.24. The number of carboxylic acid groups (broad SMARTS) is 1. The average Bonchev–Trinajstić information content (AvgIpc) is 2.33. The second kappa shape index (κ2) is 2.96. The molecular formula is C5H10N2O3. The first-order chi connectivity index (χ1) is 4.75. The quantitative estimate of drug-likeness (QED) is 0.506. The van der Waals surface area contributed by atoms with Crippen molar-refractivity contribution in [2.45, 2.75) is 18.9 Å². The van der Waals surface area contributed by atoms with Gasteiger partial charge in [0.1, 0.15) is 6.04 Å². The summed E-state index contributed by atoms with van der Waals surface area (Å²) in [7, 11) is 0. The van der Waals surface area contributed by atoms with Crippen LogP contribution in [0.4, 0.5) is 0 Å². The van der Waals surface area contributed by atoms with E-state index in [1.54, 1.807) is 0 Å². The minimum Gasteiger partial charge on any atom is -0.480 e. The van der Waals surface area contributed by atoms with Gasteiger partial charge in [0.15, 0.2) is 0 Å². The van der Waals surface area contributed by atoms with Crippen LogP contribution in [0.3, 0.4) is 0 Å². The molecule has 0 unspecified atom stereocenters. The molecule has 0 bridgehead atoms. The van der Waals surface area contributed by atoms with Crippen molar-refractivity contribution in [1.82, 2.24) is 5.06 Å². The molecule has 0 aromatic heterocycles. The van der Waals surface area contributed by atoms with Gasteiger partial charge in [-0.1, -0.05) is 0 Å². The Morgan fingerprint density at radius 3 is 2.90 bits per heavy atom. The maximum Gasteiger partial charge on any atom is 0.323 e. The molecule has 58 valence electrons. The summed E-state index contributed by atoms with van der Waals surface area (Å²) < 4.78 is 0. The standard InChI is InChI=1S/C5H10N2O3/c6-10-7-3-1-2-4(7)5(8)9/h4H,1-3,6H2,(H,8,9)/t4-/m0/s1. The van der Waals surface area contributed by atoms with Gasteiger partial charge in [-0.15, -0.1) is 0 Å². The van der Waals surface area contributed by atoms with Gasteiger partial charge in [0, 0.05) is 6.54 Å². The largest absolute Gasteiger partial charge is 0.480 e. The van der Waals surface area contributed by atoms with Crippen molar-refractivity contribution in [3.63, 3.8) is 0 Å². The van der Waals surface area contributed by atoms with E-state index in [1.165, 1.54) is 5.06 Å². The minimum absolute atomic E-state index is 0.551. The smallest absolute Gasteiger partial charge is 0.323 e. The van der Waals surface area contributed by atoms with Gasteiger partial charge in [-0.2, -0.15) is 11.0 Å². The van der Waals surface area contributed by atoms with E-state index in [4.69, 9.17) is 11.0 Å². The van der Waals surface area contributed by atoms with Crippen LogP contribution in [0.2, 0.25) is 0 Å². The van der Waals surface area contributed by atoms with Gasteiger partial charge in [0.05, 0.1) is 0 Å². The van der Waals surface area contributed by atoms with E-state index < -0.39 is 12.0 Å². The van der Waals surface area contributed by atoms with Crippen molar-refractivity contribution < 1.29 is 14.8 Å². The average molecular weight is 146 g/mol. The first kappa shape index (κ1) is 7.46. The normalized spacial score (nSPS) is 27.1. The predicted octanol–water partition coefficient (Wildman–Crippen LogP) is -0.659. The minimum atomic E-state index is -0.872. The lowest BCUT2D eigenvalue weighted by Gasteiger charge is -2.15. The topological polar surface area (TPSA) is 75.8 Å². The van der Waals surface area contributed by atoms with Crippen LogP contribution in [0, 0.1) is 0 Å². The summed E-state index contributed by atoms with van der Waals surface area (Å²) in [5.41, 5.74) is 0. The van der Waals surface area contributed by atoms with Crippen LogP contribution in [-0.4, -0.2) is 28.7 Å². The van der Waals surface area contributed by atoms with Gasteiger partial charge in [0.25, 0.3) is 0 Å². The summed E-state index contributed by atoms with van der Waals surface area (Å²) in [4.78, 5) is 14.7. The molecule has 0 aromatic carbocycles. The molecule has 5 heteroatoms. The molecule has 3 N–H and O–H groups in total. The molecule has 1 aliphatic heterocycles. The molecule has 0 spiro atoms. The lowest BCUT2D eigenvalue weighted by atomic mass is 10.2. The van der Waals surface area contributed by atoms with Gasteiger partial charge < -0.3 is 5.11 Å². The fourth-order valence-corrected chi connectivity index (χ4v) is 1.11. The summed E-state index contributed by atoms with van der Waals surface area (Å²) in [6.45, 7) is 0.605. The predicted molar refractivity (Wildman–Crippen MR) is 32.6 cm³/mol. The van der Waals surface area contributed by atoms with Gasteiger partial charge >= 0.3 is 5.97 Å². The van der Waals surface area contributed by atoms with Gasteiger partial charge in [-0.3, -0.25) is 4.79 Å². The number of hydrogen-bond acceptors (Lipinski definition) is 4. The van der Waals surface area contributed by atoms with Gasteiger partial charge in [-0.25, -0.2) is 4.94 Å².